The zero-order valence-corrected chi connectivity index (χ0v) is 21.6. The van der Waals surface area contributed by atoms with Crippen molar-refractivity contribution in [1.29, 1.82) is 0 Å². The fourth-order valence-corrected chi connectivity index (χ4v) is 5.07. The Balaban J connectivity index is 1.74. The lowest BCUT2D eigenvalue weighted by molar-refractivity contribution is -0.154. The summed E-state index contributed by atoms with van der Waals surface area (Å²) in [7, 11) is 1.61. The third-order valence-electron chi connectivity index (χ3n) is 7.64. The number of hydrogen-bond donors (Lipinski definition) is 2. The molecule has 0 bridgehead atoms. The number of benzene rings is 1. The van der Waals surface area contributed by atoms with Crippen LogP contribution in [-0.2, 0) is 28.2 Å². The van der Waals surface area contributed by atoms with Gasteiger partial charge in [0.05, 0.1) is 17.4 Å². The summed E-state index contributed by atoms with van der Waals surface area (Å²) in [6.45, 7) is 4.85. The second-order valence-electron chi connectivity index (χ2n) is 10.3. The molecule has 1 aliphatic rings. The predicted octanol–water partition coefficient (Wildman–Crippen LogP) is 5.46. The van der Waals surface area contributed by atoms with E-state index in [1.54, 1.807) is 11.6 Å². The summed E-state index contributed by atoms with van der Waals surface area (Å²) in [6.07, 6.45) is -8.29. The Labute approximate surface area is 216 Å². The predicted molar refractivity (Wildman–Crippen MR) is 126 cm³/mol. The average molecular weight is 548 g/mol. The fourth-order valence-electron chi connectivity index (χ4n) is 5.07. The lowest BCUT2D eigenvalue weighted by atomic mass is 9.62. The maximum atomic E-state index is 13.6. The van der Waals surface area contributed by atoms with Crippen LogP contribution in [0.3, 0.4) is 0 Å². The van der Waals surface area contributed by atoms with Crippen molar-refractivity contribution in [2.75, 3.05) is 0 Å². The summed E-state index contributed by atoms with van der Waals surface area (Å²) in [5.74, 6) is -2.23. The van der Waals surface area contributed by atoms with Crippen molar-refractivity contribution in [3.8, 4) is 11.4 Å². The molecule has 38 heavy (non-hydrogen) atoms. The Bertz CT molecular complexity index is 1170. The maximum absolute atomic E-state index is 13.6. The third-order valence-corrected chi connectivity index (χ3v) is 7.64. The average Bonchev–Trinajstić information content (AvgIpc) is 3.23. The molecule has 7 nitrogen and oxygen atoms in total. The minimum atomic E-state index is -4.56. The number of aromatic nitrogens is 3. The van der Waals surface area contributed by atoms with E-state index in [9.17, 15) is 35.9 Å². The van der Waals surface area contributed by atoms with Gasteiger partial charge in [-0.25, -0.2) is 0 Å². The van der Waals surface area contributed by atoms with E-state index in [1.165, 1.54) is 18.2 Å². The molecular weight excluding hydrogens is 516 g/mol. The topological polar surface area (TPSA) is 88.9 Å². The van der Waals surface area contributed by atoms with E-state index in [4.69, 9.17) is 0 Å². The molecule has 0 spiro atoms. The summed E-state index contributed by atoms with van der Waals surface area (Å²) in [5.41, 5.74) is 2.04. The van der Waals surface area contributed by atoms with Crippen molar-refractivity contribution in [1.82, 2.24) is 25.6 Å². The normalized spacial score (nSPS) is 23.1. The van der Waals surface area contributed by atoms with Crippen LogP contribution in [0.15, 0.2) is 24.3 Å². The first-order chi connectivity index (χ1) is 17.5. The molecule has 210 valence electrons. The molecule has 2 amide bonds. The van der Waals surface area contributed by atoms with E-state index in [1.807, 2.05) is 13.8 Å². The van der Waals surface area contributed by atoms with E-state index in [0.717, 1.165) is 13.0 Å². The standard InChI is InChI=1S/C25H31F6N5O2/c1-5-23(21(38)35-33-19(37)15(2)14-24(26,27)28)12-10-22(3,11-13-23)20-34-32-18(36(20)4)16-8-6-7-9-17(16)25(29,30)31/h6-9,15H,5,10-14H2,1-4H3,(H,33,37)(H,35,38). The lowest BCUT2D eigenvalue weighted by Gasteiger charge is -2.43. The monoisotopic (exact) mass is 547 g/mol. The molecule has 1 heterocycles. The number of hydrogen-bond acceptors (Lipinski definition) is 4. The maximum Gasteiger partial charge on any atom is 0.417 e. The van der Waals surface area contributed by atoms with Crippen LogP contribution in [0.2, 0.25) is 0 Å². The number of halogens is 6. The van der Waals surface area contributed by atoms with Gasteiger partial charge in [0.15, 0.2) is 5.82 Å². The molecule has 3 rings (SSSR count). The van der Waals surface area contributed by atoms with E-state index in [0.29, 0.717) is 37.9 Å². The van der Waals surface area contributed by atoms with Crippen molar-refractivity contribution in [3.63, 3.8) is 0 Å². The molecule has 0 saturated heterocycles. The zero-order valence-electron chi connectivity index (χ0n) is 21.6. The smallest absolute Gasteiger partial charge is 0.314 e. The zero-order chi connectivity index (χ0) is 28.5. The number of nitrogens with one attached hydrogen (secondary N) is 2. The minimum absolute atomic E-state index is 0.0786. The SMILES string of the molecule is CCC1(C(=O)NNC(=O)C(C)CC(F)(F)F)CCC(C)(c2nnc(-c3ccccc3C(F)(F)F)n2C)CC1. The van der Waals surface area contributed by atoms with Crippen molar-refractivity contribution >= 4 is 11.8 Å². The molecule has 1 aliphatic carbocycles. The molecule has 2 N–H and O–H groups in total. The Kier molecular flexibility index (Phi) is 8.18. The van der Waals surface area contributed by atoms with Crippen molar-refractivity contribution in [3.05, 3.63) is 35.7 Å². The first-order valence-electron chi connectivity index (χ1n) is 12.3. The van der Waals surface area contributed by atoms with Crippen molar-refractivity contribution < 1.29 is 35.9 Å². The van der Waals surface area contributed by atoms with Gasteiger partial charge in [-0.1, -0.05) is 39.0 Å². The highest BCUT2D eigenvalue weighted by molar-refractivity contribution is 5.86. The molecule has 2 aromatic rings. The molecule has 13 heteroatoms. The van der Waals surface area contributed by atoms with E-state index in [-0.39, 0.29) is 11.4 Å². The van der Waals surface area contributed by atoms with Crippen molar-refractivity contribution in [2.24, 2.45) is 18.4 Å². The van der Waals surface area contributed by atoms with Gasteiger partial charge in [0.1, 0.15) is 5.82 Å². The highest BCUT2D eigenvalue weighted by Crippen LogP contribution is 2.48. The molecule has 1 unspecified atom stereocenters. The van der Waals surface area contributed by atoms with Crippen molar-refractivity contribution in [2.45, 2.75) is 77.1 Å². The minimum Gasteiger partial charge on any atom is -0.314 e. The highest BCUT2D eigenvalue weighted by atomic mass is 19.4. The molecular formula is C25H31F6N5O2. The largest absolute Gasteiger partial charge is 0.417 e. The van der Waals surface area contributed by atoms with Crippen LogP contribution >= 0.6 is 0 Å². The summed E-state index contributed by atoms with van der Waals surface area (Å²) in [5, 5.41) is 8.30. The van der Waals surface area contributed by atoms with E-state index >= 15 is 0 Å². The Morgan fingerprint density at radius 2 is 1.63 bits per heavy atom. The quantitative estimate of drug-likeness (QED) is 0.371. The van der Waals surface area contributed by atoms with Gasteiger partial charge in [-0.3, -0.25) is 20.4 Å². The van der Waals surface area contributed by atoms with Crippen LogP contribution in [0.4, 0.5) is 26.3 Å². The van der Waals surface area contributed by atoms with E-state index < -0.39 is 52.9 Å². The number of amides is 2. The van der Waals surface area contributed by atoms with Crippen LogP contribution < -0.4 is 10.9 Å². The molecule has 1 aromatic carbocycles. The summed E-state index contributed by atoms with van der Waals surface area (Å²) in [6, 6.07) is 5.14. The fraction of sp³-hybridized carbons (Fsp3) is 0.600. The van der Waals surface area contributed by atoms with Gasteiger partial charge in [0.2, 0.25) is 11.8 Å². The highest BCUT2D eigenvalue weighted by Gasteiger charge is 2.47. The molecule has 1 saturated carbocycles. The molecule has 0 radical (unpaired) electrons. The molecule has 0 aliphatic heterocycles. The van der Waals surface area contributed by atoms with Crippen LogP contribution in [0.25, 0.3) is 11.4 Å². The van der Waals surface area contributed by atoms with Gasteiger partial charge in [-0.05, 0) is 38.2 Å². The number of nitrogens with zero attached hydrogens (tertiary/aromatic N) is 3. The second kappa shape index (κ2) is 10.6. The third kappa shape index (κ3) is 6.12. The van der Waals surface area contributed by atoms with Gasteiger partial charge in [0.25, 0.3) is 0 Å². The lowest BCUT2D eigenvalue weighted by Crippen LogP contribution is -2.52. The van der Waals surface area contributed by atoms with E-state index in [2.05, 4.69) is 21.0 Å². The van der Waals surface area contributed by atoms with Crippen LogP contribution in [0.1, 0.15) is 70.7 Å². The van der Waals surface area contributed by atoms with Gasteiger partial charge < -0.3 is 4.57 Å². The van der Waals surface area contributed by atoms with Crippen LogP contribution in [0.5, 0.6) is 0 Å². The second-order valence-corrected chi connectivity index (χ2v) is 10.3. The number of hydrazine groups is 1. The van der Waals surface area contributed by atoms with Gasteiger partial charge in [-0.15, -0.1) is 10.2 Å². The molecule has 1 fully saturated rings. The number of carbonyl (C=O) groups excluding carboxylic acids is 2. The van der Waals surface area contributed by atoms with Crippen LogP contribution in [-0.4, -0.2) is 32.8 Å². The van der Waals surface area contributed by atoms with Gasteiger partial charge >= 0.3 is 12.4 Å². The summed E-state index contributed by atoms with van der Waals surface area (Å²) in [4.78, 5) is 25.0. The van der Waals surface area contributed by atoms with Gasteiger partial charge in [-0.2, -0.15) is 26.3 Å². The number of carbonyl (C=O) groups is 2. The van der Waals surface area contributed by atoms with Crippen LogP contribution in [0, 0.1) is 11.3 Å². The van der Waals surface area contributed by atoms with Gasteiger partial charge in [0, 0.05) is 23.9 Å². The molecule has 1 atom stereocenters. The summed E-state index contributed by atoms with van der Waals surface area (Å²) >= 11 is 0. The first-order valence-corrected chi connectivity index (χ1v) is 12.3. The Morgan fingerprint density at radius 3 is 2.18 bits per heavy atom. The molecule has 1 aromatic heterocycles. The Hall–Kier alpha value is -3.12. The number of rotatable bonds is 6. The Morgan fingerprint density at radius 1 is 1.03 bits per heavy atom. The first kappa shape index (κ1) is 29.4. The summed E-state index contributed by atoms with van der Waals surface area (Å²) < 4.78 is 79.9. The number of alkyl halides is 6.